The molecule has 3 N–H and O–H groups in total. The van der Waals surface area contributed by atoms with Crippen LogP contribution in [0.3, 0.4) is 0 Å². The Labute approximate surface area is 162 Å². The summed E-state index contributed by atoms with van der Waals surface area (Å²) in [6.07, 6.45) is 0. The van der Waals surface area contributed by atoms with Crippen molar-refractivity contribution < 1.29 is 9.84 Å². The Kier molecular flexibility index (Phi) is 5.38. The largest absolute Gasteiger partial charge is 0.496 e. The molecule has 2 aromatic heterocycles. The monoisotopic (exact) mass is 437 g/mol. The molecule has 2 heterocycles. The van der Waals surface area contributed by atoms with Gasteiger partial charge in [-0.05, 0) is 40.5 Å². The minimum Gasteiger partial charge on any atom is -0.496 e. The lowest BCUT2D eigenvalue weighted by atomic mass is 10.2. The molecule has 0 spiro atoms. The molecule has 3 aromatic rings. The van der Waals surface area contributed by atoms with Crippen LogP contribution >= 0.6 is 15.9 Å². The third kappa shape index (κ3) is 3.26. The first-order valence-corrected chi connectivity index (χ1v) is 9.14. The molecule has 0 atom stereocenters. The summed E-state index contributed by atoms with van der Waals surface area (Å²) in [4.78, 5) is 29.6. The number of aromatic nitrogens is 4. The summed E-state index contributed by atoms with van der Waals surface area (Å²) in [5.74, 6) is 0.807. The number of hydrogen-bond donors (Lipinski definition) is 2. The number of aliphatic hydroxyl groups excluding tert-OH is 1. The Morgan fingerprint density at radius 3 is 2.59 bits per heavy atom. The lowest BCUT2D eigenvalue weighted by Gasteiger charge is -2.11. The molecule has 3 rings (SSSR count). The van der Waals surface area contributed by atoms with E-state index < -0.39 is 11.2 Å². The molecule has 27 heavy (non-hydrogen) atoms. The molecule has 0 aliphatic heterocycles. The van der Waals surface area contributed by atoms with Crippen LogP contribution in [0.15, 0.2) is 32.3 Å². The van der Waals surface area contributed by atoms with Gasteiger partial charge in [0.1, 0.15) is 5.75 Å². The van der Waals surface area contributed by atoms with Crippen LogP contribution in [-0.2, 0) is 19.6 Å². The van der Waals surface area contributed by atoms with E-state index in [0.29, 0.717) is 12.3 Å². The van der Waals surface area contributed by atoms with Gasteiger partial charge in [-0.2, -0.15) is 4.98 Å². The third-order valence-corrected chi connectivity index (χ3v) is 4.96. The first kappa shape index (κ1) is 19.2. The van der Waals surface area contributed by atoms with Crippen molar-refractivity contribution in [1.29, 1.82) is 0 Å². The minimum absolute atomic E-state index is 0.0279. The number of halogens is 1. The first-order chi connectivity index (χ1) is 12.9. The predicted molar refractivity (Wildman–Crippen MR) is 105 cm³/mol. The molecule has 0 amide bonds. The van der Waals surface area contributed by atoms with Crippen LogP contribution in [0.2, 0.25) is 0 Å². The molecule has 0 radical (unpaired) electrons. The molecule has 144 valence electrons. The summed E-state index contributed by atoms with van der Waals surface area (Å²) in [5, 5.41) is 9.30. The summed E-state index contributed by atoms with van der Waals surface area (Å²) in [6.45, 7) is 1.98. The summed E-state index contributed by atoms with van der Waals surface area (Å²) in [5.41, 5.74) is 6.37. The Balaban J connectivity index is 2.23. The highest BCUT2D eigenvalue weighted by atomic mass is 79.9. The van der Waals surface area contributed by atoms with Crippen molar-refractivity contribution in [3.05, 3.63) is 49.1 Å². The Morgan fingerprint density at radius 2 is 2.00 bits per heavy atom. The zero-order valence-corrected chi connectivity index (χ0v) is 16.6. The Morgan fingerprint density at radius 1 is 1.26 bits per heavy atom. The van der Waals surface area contributed by atoms with Crippen LogP contribution in [0.4, 0.5) is 5.95 Å². The number of rotatable bonds is 6. The summed E-state index contributed by atoms with van der Waals surface area (Å²) >= 11 is 3.44. The molecule has 9 nitrogen and oxygen atoms in total. The molecule has 10 heteroatoms. The summed E-state index contributed by atoms with van der Waals surface area (Å²) < 4.78 is 9.96. The smallest absolute Gasteiger partial charge is 0.332 e. The maximum atomic E-state index is 12.9. The predicted octanol–water partition coefficient (Wildman–Crippen LogP) is 0.773. The molecule has 0 saturated heterocycles. The number of ether oxygens (including phenoxy) is 1. The van der Waals surface area contributed by atoms with Crippen molar-refractivity contribution in [2.75, 3.05) is 19.5 Å². The quantitative estimate of drug-likeness (QED) is 0.587. The SMILES string of the molecule is CCn1c(=O)c2c(nc(N)n2Cc2ccc(OC)c(Br)c2)n(CCO)c1=O. The number of hydrogen-bond acceptors (Lipinski definition) is 6. The van der Waals surface area contributed by atoms with Crippen molar-refractivity contribution >= 4 is 33.0 Å². The average molecular weight is 438 g/mol. The van der Waals surface area contributed by atoms with Gasteiger partial charge in [-0.1, -0.05) is 6.07 Å². The normalized spacial score (nSPS) is 11.3. The molecule has 0 bridgehead atoms. The van der Waals surface area contributed by atoms with Crippen LogP contribution in [0.25, 0.3) is 11.2 Å². The van der Waals surface area contributed by atoms with Crippen molar-refractivity contribution in [3.63, 3.8) is 0 Å². The van der Waals surface area contributed by atoms with Crippen molar-refractivity contribution in [1.82, 2.24) is 18.7 Å². The number of nitrogen functional groups attached to an aromatic ring is 1. The number of fused-ring (bicyclic) bond motifs is 1. The lowest BCUT2D eigenvalue weighted by Crippen LogP contribution is -2.40. The maximum absolute atomic E-state index is 12.9. The molecule has 0 saturated carbocycles. The number of nitrogens with two attached hydrogens (primary N) is 1. The van der Waals surface area contributed by atoms with Crippen molar-refractivity contribution in [2.24, 2.45) is 0 Å². The van der Waals surface area contributed by atoms with Gasteiger partial charge >= 0.3 is 5.69 Å². The second-order valence-electron chi connectivity index (χ2n) is 5.90. The maximum Gasteiger partial charge on any atom is 0.332 e. The van der Waals surface area contributed by atoms with Crippen LogP contribution in [0.1, 0.15) is 12.5 Å². The lowest BCUT2D eigenvalue weighted by molar-refractivity contribution is 0.274. The highest BCUT2D eigenvalue weighted by Gasteiger charge is 2.20. The van der Waals surface area contributed by atoms with E-state index in [1.807, 2.05) is 12.1 Å². The van der Waals surface area contributed by atoms with Gasteiger partial charge in [0.15, 0.2) is 11.2 Å². The molecule has 1 aromatic carbocycles. The first-order valence-electron chi connectivity index (χ1n) is 8.35. The number of nitrogens with zero attached hydrogens (tertiary/aromatic N) is 4. The van der Waals surface area contributed by atoms with Gasteiger partial charge in [-0.3, -0.25) is 13.9 Å². The fraction of sp³-hybridized carbons (Fsp3) is 0.353. The van der Waals surface area contributed by atoms with E-state index >= 15 is 0 Å². The molecule has 0 aliphatic rings. The van der Waals surface area contributed by atoms with Crippen molar-refractivity contribution in [2.45, 2.75) is 26.6 Å². The number of aliphatic hydroxyl groups is 1. The standard InChI is InChI=1S/C17H20BrN5O4/c1-3-21-15(25)13-14(22(6-7-24)17(21)26)20-16(19)23(13)9-10-4-5-12(27-2)11(18)8-10/h4-5,8,24H,3,6-7,9H2,1-2H3,(H2,19,20). The van der Waals surface area contributed by atoms with Gasteiger partial charge in [0, 0.05) is 6.54 Å². The van der Waals surface area contributed by atoms with Gasteiger partial charge in [-0.25, -0.2) is 4.79 Å². The number of benzene rings is 1. The van der Waals surface area contributed by atoms with Crippen molar-refractivity contribution in [3.8, 4) is 5.75 Å². The fourth-order valence-corrected chi connectivity index (χ4v) is 3.63. The minimum atomic E-state index is -0.513. The number of anilines is 1. The van der Waals surface area contributed by atoms with E-state index in [4.69, 9.17) is 10.5 Å². The number of imidazole rings is 1. The van der Waals surface area contributed by atoms with Gasteiger partial charge in [0.25, 0.3) is 5.56 Å². The van der Waals surface area contributed by atoms with E-state index in [1.165, 1.54) is 4.57 Å². The van der Waals surface area contributed by atoms with Crippen LogP contribution in [-0.4, -0.2) is 37.5 Å². The van der Waals surface area contributed by atoms with E-state index in [2.05, 4.69) is 20.9 Å². The zero-order valence-electron chi connectivity index (χ0n) is 15.0. The second-order valence-corrected chi connectivity index (χ2v) is 6.76. The van der Waals surface area contributed by atoms with E-state index in [9.17, 15) is 14.7 Å². The molecule has 0 aliphatic carbocycles. The van der Waals surface area contributed by atoms with Crippen LogP contribution in [0.5, 0.6) is 5.75 Å². The second kappa shape index (κ2) is 7.57. The third-order valence-electron chi connectivity index (χ3n) is 4.34. The van der Waals surface area contributed by atoms with Gasteiger partial charge in [-0.15, -0.1) is 0 Å². The summed E-state index contributed by atoms with van der Waals surface area (Å²) in [7, 11) is 1.58. The highest BCUT2D eigenvalue weighted by Crippen LogP contribution is 2.26. The van der Waals surface area contributed by atoms with Crippen LogP contribution < -0.4 is 21.7 Å². The summed E-state index contributed by atoms with van der Waals surface area (Å²) in [6, 6.07) is 5.53. The zero-order chi connectivity index (χ0) is 19.7. The van der Waals surface area contributed by atoms with Crippen LogP contribution in [0, 0.1) is 0 Å². The average Bonchev–Trinajstić information content (AvgIpc) is 2.96. The fourth-order valence-electron chi connectivity index (χ4n) is 3.04. The molecular weight excluding hydrogens is 418 g/mol. The molecule has 0 unspecified atom stereocenters. The van der Waals surface area contributed by atoms with E-state index in [0.717, 1.165) is 14.6 Å². The van der Waals surface area contributed by atoms with E-state index in [1.54, 1.807) is 24.7 Å². The van der Waals surface area contributed by atoms with Gasteiger partial charge in [0.2, 0.25) is 5.95 Å². The Hall–Kier alpha value is -2.59. The van der Waals surface area contributed by atoms with Gasteiger partial charge < -0.3 is 20.1 Å². The Bertz CT molecular complexity index is 1120. The molecule has 0 fully saturated rings. The van der Waals surface area contributed by atoms with Gasteiger partial charge in [0.05, 0.1) is 31.3 Å². The highest BCUT2D eigenvalue weighted by molar-refractivity contribution is 9.10. The number of methoxy groups -OCH3 is 1. The molecular formula is C17H20BrN5O4. The van der Waals surface area contributed by atoms with E-state index in [-0.39, 0.29) is 36.8 Å². The topological polar surface area (TPSA) is 117 Å².